The van der Waals surface area contributed by atoms with Crippen LogP contribution in [0.2, 0.25) is 0 Å². The van der Waals surface area contributed by atoms with E-state index in [1.807, 2.05) is 18.2 Å². The lowest BCUT2D eigenvalue weighted by molar-refractivity contribution is 1.27. The Labute approximate surface area is 58.9 Å². The number of rotatable bonds is 2. The molecule has 0 amide bonds. The van der Waals surface area contributed by atoms with Crippen molar-refractivity contribution in [3.05, 3.63) is 24.4 Å². The Balaban J connectivity index is 2.61. The Hall–Kier alpha value is -0.760. The lowest BCUT2D eigenvalue weighted by Crippen LogP contribution is -1.95. The van der Waals surface area contributed by atoms with Gasteiger partial charge in [0.05, 0.1) is 6.00 Å². The molecule has 9 heavy (non-hydrogen) atoms. The average molecular weight is 143 g/mol. The van der Waals surface area contributed by atoms with Gasteiger partial charge in [-0.25, -0.2) is 4.98 Å². The molecule has 0 atom stereocenters. The fourth-order valence-electron chi connectivity index (χ4n) is 0.536. The predicted octanol–water partition coefficient (Wildman–Crippen LogP) is 1.69. The molecule has 1 aromatic rings. The molecule has 0 saturated heterocycles. The Morgan fingerprint density at radius 2 is 2.44 bits per heavy atom. The first-order chi connectivity index (χ1) is 4.43. The third-order valence-corrected chi connectivity index (χ3v) is 1.05. The molecule has 3 heteroatoms. The highest BCUT2D eigenvalue weighted by molar-refractivity contribution is 6.18. The molecule has 0 aliphatic rings. The fraction of sp³-hybridized carbons (Fsp3) is 0.167. The number of alkyl halides is 1. The van der Waals surface area contributed by atoms with Crippen molar-refractivity contribution >= 4 is 17.4 Å². The monoisotopic (exact) mass is 142 g/mol. The second-order valence-electron chi connectivity index (χ2n) is 1.53. The largest absolute Gasteiger partial charge is 0.357 e. The van der Waals surface area contributed by atoms with Gasteiger partial charge in [-0.3, -0.25) is 0 Å². The summed E-state index contributed by atoms with van der Waals surface area (Å²) in [5.41, 5.74) is 0. The Bertz CT molecular complexity index is 164. The molecule has 1 heterocycles. The maximum absolute atomic E-state index is 5.38. The molecule has 0 aliphatic carbocycles. The quantitative estimate of drug-likeness (QED) is 0.502. The first kappa shape index (κ1) is 6.36. The van der Waals surface area contributed by atoms with Gasteiger partial charge in [0.15, 0.2) is 0 Å². The third-order valence-electron chi connectivity index (χ3n) is 0.913. The van der Waals surface area contributed by atoms with Crippen LogP contribution in [0.15, 0.2) is 24.4 Å². The van der Waals surface area contributed by atoms with E-state index in [1.165, 1.54) is 0 Å². The molecule has 1 rings (SSSR count). The Morgan fingerprint density at radius 1 is 1.56 bits per heavy atom. The first-order valence-corrected chi connectivity index (χ1v) is 3.18. The van der Waals surface area contributed by atoms with Crippen LogP contribution in [0.25, 0.3) is 0 Å². The van der Waals surface area contributed by atoms with Gasteiger partial charge < -0.3 is 5.32 Å². The first-order valence-electron chi connectivity index (χ1n) is 2.64. The van der Waals surface area contributed by atoms with Gasteiger partial charge in [0.25, 0.3) is 0 Å². The Kier molecular flexibility index (Phi) is 2.33. The summed E-state index contributed by atoms with van der Waals surface area (Å²) in [5.74, 6) is 0.813. The fourth-order valence-corrected chi connectivity index (χ4v) is 0.673. The summed E-state index contributed by atoms with van der Waals surface area (Å²) < 4.78 is 0. The van der Waals surface area contributed by atoms with Crippen LogP contribution in [0, 0.1) is 0 Å². The van der Waals surface area contributed by atoms with Crippen LogP contribution in [0.3, 0.4) is 0 Å². The second kappa shape index (κ2) is 3.30. The van der Waals surface area contributed by atoms with Crippen molar-refractivity contribution in [2.45, 2.75) is 0 Å². The molecule has 0 saturated carbocycles. The average Bonchev–Trinajstić information content (AvgIpc) is 1.91. The van der Waals surface area contributed by atoms with Crippen LogP contribution in [0.1, 0.15) is 0 Å². The van der Waals surface area contributed by atoms with Crippen molar-refractivity contribution in [2.75, 3.05) is 11.3 Å². The zero-order valence-corrected chi connectivity index (χ0v) is 5.60. The van der Waals surface area contributed by atoms with E-state index in [-0.39, 0.29) is 0 Å². The summed E-state index contributed by atoms with van der Waals surface area (Å²) >= 11 is 5.38. The molecule has 0 unspecified atom stereocenters. The van der Waals surface area contributed by atoms with Gasteiger partial charge in [-0.1, -0.05) is 6.07 Å². The van der Waals surface area contributed by atoms with E-state index >= 15 is 0 Å². The summed E-state index contributed by atoms with van der Waals surface area (Å²) in [5, 5.41) is 2.86. The van der Waals surface area contributed by atoms with Crippen molar-refractivity contribution in [2.24, 2.45) is 0 Å². The normalized spacial score (nSPS) is 9.00. The smallest absolute Gasteiger partial charge is 0.126 e. The number of hydrogen-bond acceptors (Lipinski definition) is 2. The van der Waals surface area contributed by atoms with Gasteiger partial charge in [0.1, 0.15) is 5.82 Å². The lowest BCUT2D eigenvalue weighted by Gasteiger charge is -1.96. The second-order valence-corrected chi connectivity index (χ2v) is 1.79. The predicted molar refractivity (Wildman–Crippen MR) is 38.6 cm³/mol. The van der Waals surface area contributed by atoms with Crippen molar-refractivity contribution in [3.63, 3.8) is 0 Å². The molecule has 0 aromatic carbocycles. The molecule has 0 spiro atoms. The third kappa shape index (κ3) is 1.90. The summed E-state index contributed by atoms with van der Waals surface area (Å²) in [4.78, 5) is 3.97. The van der Waals surface area contributed by atoms with Crippen LogP contribution in [-0.2, 0) is 0 Å². The number of nitrogens with one attached hydrogen (secondary N) is 1. The Morgan fingerprint density at radius 3 is 3.00 bits per heavy atom. The molecule has 0 fully saturated rings. The number of anilines is 1. The van der Waals surface area contributed by atoms with Gasteiger partial charge in [0, 0.05) is 6.20 Å². The van der Waals surface area contributed by atoms with Gasteiger partial charge in [-0.15, -0.1) is 11.6 Å². The summed E-state index contributed by atoms with van der Waals surface area (Å²) in [6.45, 7) is 0. The van der Waals surface area contributed by atoms with E-state index in [1.54, 1.807) is 6.20 Å². The van der Waals surface area contributed by atoms with Crippen LogP contribution in [0.4, 0.5) is 5.82 Å². The molecule has 0 radical (unpaired) electrons. The zero-order chi connectivity index (χ0) is 6.53. The highest BCUT2D eigenvalue weighted by Crippen LogP contribution is 1.98. The topological polar surface area (TPSA) is 24.9 Å². The lowest BCUT2D eigenvalue weighted by atomic mass is 10.5. The van der Waals surface area contributed by atoms with Gasteiger partial charge >= 0.3 is 0 Å². The molecule has 48 valence electrons. The van der Waals surface area contributed by atoms with Crippen molar-refractivity contribution in [3.8, 4) is 0 Å². The molecule has 2 nitrogen and oxygen atoms in total. The molecular weight excluding hydrogens is 136 g/mol. The van der Waals surface area contributed by atoms with E-state index in [2.05, 4.69) is 10.3 Å². The zero-order valence-electron chi connectivity index (χ0n) is 4.84. The highest BCUT2D eigenvalue weighted by atomic mass is 35.5. The van der Waals surface area contributed by atoms with Crippen molar-refractivity contribution < 1.29 is 0 Å². The van der Waals surface area contributed by atoms with E-state index in [0.29, 0.717) is 6.00 Å². The molecule has 0 aliphatic heterocycles. The van der Waals surface area contributed by atoms with E-state index in [9.17, 15) is 0 Å². The van der Waals surface area contributed by atoms with Crippen LogP contribution >= 0.6 is 11.6 Å². The minimum absolute atomic E-state index is 0.400. The maximum Gasteiger partial charge on any atom is 0.126 e. The summed E-state index contributed by atoms with van der Waals surface area (Å²) in [6, 6.07) is 6.03. The molecule has 1 N–H and O–H groups in total. The molecular formula is C6H7ClN2. The van der Waals surface area contributed by atoms with Crippen LogP contribution < -0.4 is 5.32 Å². The number of aromatic nitrogens is 1. The van der Waals surface area contributed by atoms with Gasteiger partial charge in [-0.2, -0.15) is 0 Å². The van der Waals surface area contributed by atoms with Crippen LogP contribution in [-0.4, -0.2) is 11.0 Å². The standard InChI is InChI=1S/C6H7ClN2/c7-5-9-6-3-1-2-4-8-6/h1-4H,5H2,(H,8,9). The minimum Gasteiger partial charge on any atom is -0.357 e. The van der Waals surface area contributed by atoms with E-state index in [0.717, 1.165) is 5.82 Å². The van der Waals surface area contributed by atoms with Crippen molar-refractivity contribution in [1.82, 2.24) is 4.98 Å². The molecule has 0 bridgehead atoms. The summed E-state index contributed by atoms with van der Waals surface area (Å²) in [6.07, 6.45) is 1.72. The van der Waals surface area contributed by atoms with Gasteiger partial charge in [-0.05, 0) is 12.1 Å². The molecule has 1 aromatic heterocycles. The highest BCUT2D eigenvalue weighted by Gasteiger charge is 1.84. The van der Waals surface area contributed by atoms with Crippen molar-refractivity contribution in [1.29, 1.82) is 0 Å². The van der Waals surface area contributed by atoms with E-state index < -0.39 is 0 Å². The minimum atomic E-state index is 0.400. The number of hydrogen-bond donors (Lipinski definition) is 1. The number of nitrogens with zero attached hydrogens (tertiary/aromatic N) is 1. The summed E-state index contributed by atoms with van der Waals surface area (Å²) in [7, 11) is 0. The number of pyridine rings is 1. The number of halogens is 1. The SMILES string of the molecule is ClCNc1ccccn1. The van der Waals surface area contributed by atoms with E-state index in [4.69, 9.17) is 11.6 Å². The maximum atomic E-state index is 5.38. The van der Waals surface area contributed by atoms with Gasteiger partial charge in [0.2, 0.25) is 0 Å². The van der Waals surface area contributed by atoms with Crippen LogP contribution in [0.5, 0.6) is 0 Å².